The molecule has 0 aromatic carbocycles. The molecule has 1 aliphatic heterocycles. The van der Waals surface area contributed by atoms with Gasteiger partial charge < -0.3 is 14.6 Å². The Morgan fingerprint density at radius 2 is 1.87 bits per heavy atom. The summed E-state index contributed by atoms with van der Waals surface area (Å²) < 4.78 is 3.95. The maximum Gasteiger partial charge on any atom is 0.241 e. The number of fused-ring (bicyclic) bond motifs is 2. The van der Waals surface area contributed by atoms with E-state index in [4.69, 9.17) is 5.10 Å². The van der Waals surface area contributed by atoms with Crippen LogP contribution in [0.4, 0.5) is 5.95 Å². The highest BCUT2D eigenvalue weighted by Crippen LogP contribution is 2.29. The van der Waals surface area contributed by atoms with Crippen LogP contribution in [0.15, 0.2) is 49.2 Å². The van der Waals surface area contributed by atoms with Crippen molar-refractivity contribution in [1.82, 2.24) is 33.8 Å². The molecule has 0 amide bonds. The summed E-state index contributed by atoms with van der Waals surface area (Å²) in [5.41, 5.74) is 4.20. The number of pyridine rings is 1. The van der Waals surface area contributed by atoms with Gasteiger partial charge in [0.1, 0.15) is 5.65 Å². The van der Waals surface area contributed by atoms with E-state index in [0.717, 1.165) is 22.3 Å². The van der Waals surface area contributed by atoms with Gasteiger partial charge in [-0.05, 0) is 38.1 Å². The Balaban J connectivity index is 1.15. The summed E-state index contributed by atoms with van der Waals surface area (Å²) in [5, 5.41) is 8.22. The number of piperazine rings is 1. The van der Waals surface area contributed by atoms with Crippen LogP contribution >= 0.6 is 0 Å². The van der Waals surface area contributed by atoms with Gasteiger partial charge in [0, 0.05) is 74.2 Å². The first-order chi connectivity index (χ1) is 14.7. The minimum atomic E-state index is 0.464. The average molecular weight is 403 g/mol. The van der Waals surface area contributed by atoms with Crippen LogP contribution in [0.1, 0.15) is 12.8 Å². The number of nitrogens with one attached hydrogen (secondary N) is 1. The van der Waals surface area contributed by atoms with Crippen molar-refractivity contribution in [1.29, 1.82) is 0 Å². The number of hydrogen-bond acceptors (Lipinski definition) is 6. The highest BCUT2D eigenvalue weighted by molar-refractivity contribution is 5.80. The molecule has 4 aromatic heterocycles. The van der Waals surface area contributed by atoms with Gasteiger partial charge in [-0.3, -0.25) is 4.90 Å². The van der Waals surface area contributed by atoms with Crippen LogP contribution in [0.5, 0.6) is 0 Å². The molecule has 4 aromatic rings. The molecule has 154 valence electrons. The summed E-state index contributed by atoms with van der Waals surface area (Å²) in [6.07, 6.45) is 12.1. The lowest BCUT2D eigenvalue weighted by molar-refractivity contribution is 0.0656. The van der Waals surface area contributed by atoms with E-state index in [9.17, 15) is 0 Å². The van der Waals surface area contributed by atoms with Crippen molar-refractivity contribution in [3.05, 3.63) is 49.2 Å². The second kappa shape index (κ2) is 7.07. The first-order valence-corrected chi connectivity index (χ1v) is 10.7. The van der Waals surface area contributed by atoms with E-state index >= 15 is 0 Å². The third kappa shape index (κ3) is 3.12. The van der Waals surface area contributed by atoms with Crippen molar-refractivity contribution in [2.24, 2.45) is 0 Å². The summed E-state index contributed by atoms with van der Waals surface area (Å²) in [6, 6.07) is 7.39. The quantitative estimate of drug-likeness (QED) is 0.565. The second-order valence-corrected chi connectivity index (χ2v) is 8.56. The minimum absolute atomic E-state index is 0.464. The molecule has 8 heteroatoms. The van der Waals surface area contributed by atoms with Gasteiger partial charge in [-0.25, -0.2) is 14.5 Å². The molecule has 0 bridgehead atoms. The number of imidazole rings is 1. The lowest BCUT2D eigenvalue weighted by atomic mass is 9.85. The molecule has 2 fully saturated rings. The second-order valence-electron chi connectivity index (χ2n) is 8.56. The summed E-state index contributed by atoms with van der Waals surface area (Å²) >= 11 is 0. The van der Waals surface area contributed by atoms with Gasteiger partial charge in [-0.2, -0.15) is 0 Å². The van der Waals surface area contributed by atoms with Crippen LogP contribution in [-0.2, 0) is 0 Å². The van der Waals surface area contributed by atoms with E-state index in [1.807, 2.05) is 39.8 Å². The number of hydrogen-bond donors (Lipinski definition) is 1. The van der Waals surface area contributed by atoms with Crippen molar-refractivity contribution < 1.29 is 0 Å². The van der Waals surface area contributed by atoms with Gasteiger partial charge >= 0.3 is 0 Å². The topological polar surface area (TPSA) is 66.0 Å². The van der Waals surface area contributed by atoms with E-state index in [1.54, 1.807) is 0 Å². The van der Waals surface area contributed by atoms with Gasteiger partial charge in [-0.1, -0.05) is 0 Å². The summed E-state index contributed by atoms with van der Waals surface area (Å²) in [4.78, 5) is 14.0. The van der Waals surface area contributed by atoms with E-state index < -0.39 is 0 Å². The van der Waals surface area contributed by atoms with Crippen molar-refractivity contribution >= 4 is 17.1 Å². The normalized spacial score (nSPS) is 23.1. The van der Waals surface area contributed by atoms with Gasteiger partial charge in [0.05, 0.1) is 11.7 Å². The van der Waals surface area contributed by atoms with Gasteiger partial charge in [0.25, 0.3) is 0 Å². The molecule has 0 atom stereocenters. The molecule has 6 rings (SSSR count). The Hall–Kier alpha value is -2.97. The van der Waals surface area contributed by atoms with Crippen molar-refractivity contribution in [3.8, 4) is 11.1 Å². The number of rotatable bonds is 4. The summed E-state index contributed by atoms with van der Waals surface area (Å²) in [6.45, 7) is 4.73. The molecule has 30 heavy (non-hydrogen) atoms. The predicted molar refractivity (Wildman–Crippen MR) is 117 cm³/mol. The van der Waals surface area contributed by atoms with Crippen molar-refractivity contribution in [2.75, 3.05) is 38.5 Å². The molecule has 1 N–H and O–H groups in total. The van der Waals surface area contributed by atoms with Crippen LogP contribution in [0.25, 0.3) is 22.3 Å². The predicted octanol–water partition coefficient (Wildman–Crippen LogP) is 2.23. The van der Waals surface area contributed by atoms with Crippen LogP contribution in [0.3, 0.4) is 0 Å². The fourth-order valence-corrected chi connectivity index (χ4v) is 4.66. The maximum atomic E-state index is 4.70. The van der Waals surface area contributed by atoms with Crippen LogP contribution in [0, 0.1) is 0 Å². The molecule has 2 aliphatic rings. The molecule has 5 heterocycles. The molecule has 1 saturated carbocycles. The number of nitrogens with zero attached hydrogens (tertiary/aromatic N) is 7. The molecule has 1 saturated heterocycles. The molecule has 0 spiro atoms. The van der Waals surface area contributed by atoms with Crippen LogP contribution in [-0.4, -0.2) is 79.1 Å². The zero-order valence-electron chi connectivity index (χ0n) is 17.1. The Labute approximate surface area is 175 Å². The molecule has 8 nitrogen and oxygen atoms in total. The fourth-order valence-electron chi connectivity index (χ4n) is 4.66. The molecule has 1 aliphatic carbocycles. The van der Waals surface area contributed by atoms with E-state index in [2.05, 4.69) is 50.5 Å². The Morgan fingerprint density at radius 1 is 1.00 bits per heavy atom. The van der Waals surface area contributed by atoms with Gasteiger partial charge in [0.2, 0.25) is 5.95 Å². The summed E-state index contributed by atoms with van der Waals surface area (Å²) in [7, 11) is 2.21. The van der Waals surface area contributed by atoms with E-state index in [1.165, 1.54) is 39.0 Å². The van der Waals surface area contributed by atoms with Gasteiger partial charge in [0.15, 0.2) is 0 Å². The lowest BCUT2D eigenvalue weighted by Crippen LogP contribution is -2.55. The largest absolute Gasteiger partial charge is 0.350 e. The third-order valence-electron chi connectivity index (χ3n) is 6.62. The lowest BCUT2D eigenvalue weighted by Gasteiger charge is -2.46. The first-order valence-electron chi connectivity index (χ1n) is 10.7. The highest BCUT2D eigenvalue weighted by Gasteiger charge is 2.35. The Kier molecular flexibility index (Phi) is 4.21. The third-order valence-corrected chi connectivity index (χ3v) is 6.62. The SMILES string of the molecule is CN1CCN([C@H]2C[C@@H](Nc3ncc4c(-c5ccc6nccn6c5)ccn4n3)C2)CC1. The highest BCUT2D eigenvalue weighted by atomic mass is 15.3. The van der Waals surface area contributed by atoms with Gasteiger partial charge in [-0.15, -0.1) is 5.10 Å². The molecule has 0 unspecified atom stereocenters. The summed E-state index contributed by atoms with van der Waals surface area (Å²) in [5.74, 6) is 0.705. The van der Waals surface area contributed by atoms with Crippen LogP contribution in [0.2, 0.25) is 0 Å². The zero-order valence-corrected chi connectivity index (χ0v) is 17.1. The Bertz CT molecular complexity index is 1180. The standard InChI is InChI=1S/C22H26N8/c1-27-8-10-28(11-9-27)18-12-17(13-18)25-22-24-14-20-19(4-6-30(20)26-22)16-2-3-21-23-5-7-29(21)15-16/h2-7,14-15,17-18H,8-13H2,1H3,(H,25,26)/t17-,18+. The Morgan fingerprint density at radius 3 is 2.73 bits per heavy atom. The van der Waals surface area contributed by atoms with E-state index in [0.29, 0.717) is 18.0 Å². The van der Waals surface area contributed by atoms with E-state index in [-0.39, 0.29) is 0 Å². The number of aromatic nitrogens is 5. The first kappa shape index (κ1) is 17.9. The number of anilines is 1. The van der Waals surface area contributed by atoms with Crippen molar-refractivity contribution in [2.45, 2.75) is 24.9 Å². The minimum Gasteiger partial charge on any atom is -0.350 e. The molecule has 0 radical (unpaired) electrons. The monoisotopic (exact) mass is 402 g/mol. The zero-order chi connectivity index (χ0) is 20.1. The number of likely N-dealkylation sites (N-methyl/N-ethyl adjacent to an activating group) is 1. The smallest absolute Gasteiger partial charge is 0.241 e. The average Bonchev–Trinajstić information content (AvgIpc) is 3.37. The molecular weight excluding hydrogens is 376 g/mol. The molecular formula is C22H26N8. The van der Waals surface area contributed by atoms with Crippen LogP contribution < -0.4 is 5.32 Å². The maximum absolute atomic E-state index is 4.70. The fraction of sp³-hybridized carbons (Fsp3) is 0.409. The van der Waals surface area contributed by atoms with Crippen molar-refractivity contribution in [3.63, 3.8) is 0 Å².